The lowest BCUT2D eigenvalue weighted by atomic mass is 10.0. The quantitative estimate of drug-likeness (QED) is 0.614. The molecule has 0 aromatic heterocycles. The molecule has 1 rings (SSSR count). The molecule has 0 amide bonds. The Morgan fingerprint density at radius 2 is 2.33 bits per heavy atom. The Bertz CT molecular complexity index is 217. The molecular formula is C7H11NO3S. The van der Waals surface area contributed by atoms with Crippen molar-refractivity contribution in [2.24, 2.45) is 5.92 Å². The molecule has 2 N–H and O–H groups in total. The third-order valence-corrected chi connectivity index (χ3v) is 1.98. The van der Waals surface area contributed by atoms with Crippen LogP contribution in [0.1, 0.15) is 13.8 Å². The van der Waals surface area contributed by atoms with Gasteiger partial charge in [0.05, 0.1) is 0 Å². The summed E-state index contributed by atoms with van der Waals surface area (Å²) in [6.07, 6.45) is -0.352. The molecular weight excluding hydrogens is 178 g/mol. The number of rotatable bonds is 2. The molecule has 0 radical (unpaired) electrons. The van der Waals surface area contributed by atoms with E-state index in [1.165, 1.54) is 0 Å². The smallest absolute Gasteiger partial charge is 0.330 e. The lowest BCUT2D eigenvalue weighted by molar-refractivity contribution is -0.140. The number of aliphatic carboxylic acids is 1. The molecule has 0 aromatic rings. The van der Waals surface area contributed by atoms with Crippen LogP contribution in [-0.4, -0.2) is 28.4 Å². The van der Waals surface area contributed by atoms with Crippen molar-refractivity contribution in [3.05, 3.63) is 0 Å². The van der Waals surface area contributed by atoms with Crippen molar-refractivity contribution in [1.29, 1.82) is 0 Å². The molecule has 12 heavy (non-hydrogen) atoms. The van der Waals surface area contributed by atoms with Gasteiger partial charge in [-0.1, -0.05) is 13.8 Å². The maximum atomic E-state index is 10.7. The molecule has 0 aromatic carbocycles. The molecule has 0 unspecified atom stereocenters. The first-order chi connectivity index (χ1) is 5.52. The van der Waals surface area contributed by atoms with Crippen LogP contribution < -0.4 is 5.32 Å². The number of hydrogen-bond donors (Lipinski definition) is 2. The van der Waals surface area contributed by atoms with Crippen molar-refractivity contribution >= 4 is 23.4 Å². The molecule has 0 bridgehead atoms. The van der Waals surface area contributed by atoms with Crippen molar-refractivity contribution in [3.63, 3.8) is 0 Å². The molecule has 2 atom stereocenters. The Labute approximate surface area is 75.9 Å². The van der Waals surface area contributed by atoms with Gasteiger partial charge in [-0.3, -0.25) is 0 Å². The fourth-order valence-corrected chi connectivity index (χ4v) is 1.40. The Morgan fingerprint density at radius 1 is 1.75 bits per heavy atom. The average Bonchev–Trinajstić information content (AvgIpc) is 2.31. The lowest BCUT2D eigenvalue weighted by Gasteiger charge is -2.16. The van der Waals surface area contributed by atoms with Crippen LogP contribution in [0.3, 0.4) is 0 Å². The molecule has 5 heteroatoms. The minimum absolute atomic E-state index is 0.138. The highest BCUT2D eigenvalue weighted by atomic mass is 32.1. The summed E-state index contributed by atoms with van der Waals surface area (Å²) >= 11 is 4.72. The van der Waals surface area contributed by atoms with Gasteiger partial charge in [-0.05, 0) is 18.1 Å². The summed E-state index contributed by atoms with van der Waals surface area (Å²) in [7, 11) is 0. The second-order valence-electron chi connectivity index (χ2n) is 3.07. The molecule has 0 saturated carbocycles. The van der Waals surface area contributed by atoms with Gasteiger partial charge >= 0.3 is 5.97 Å². The fourth-order valence-electron chi connectivity index (χ4n) is 1.16. The number of carboxylic acids is 1. The standard InChI is InChI=1S/C7H11NO3S/c1-3(2)5-4(6(9)10)8-7(12)11-5/h3-5H,1-2H3,(H,8,12)(H,9,10)/t4-,5+/m0/s1. The molecule has 1 aliphatic rings. The van der Waals surface area contributed by atoms with Gasteiger partial charge in [0.15, 0.2) is 6.04 Å². The zero-order valence-electron chi connectivity index (χ0n) is 6.90. The van der Waals surface area contributed by atoms with Gasteiger partial charge < -0.3 is 15.2 Å². The topological polar surface area (TPSA) is 58.6 Å². The van der Waals surface area contributed by atoms with Crippen LogP contribution in [0.25, 0.3) is 0 Å². The number of carboxylic acid groups (broad SMARTS) is 1. The Morgan fingerprint density at radius 3 is 2.67 bits per heavy atom. The first-order valence-corrected chi connectivity index (χ1v) is 4.13. The number of nitrogens with one attached hydrogen (secondary N) is 1. The minimum Gasteiger partial charge on any atom is -0.480 e. The third-order valence-electron chi connectivity index (χ3n) is 1.77. The predicted octanol–water partition coefficient (Wildman–Crippen LogP) is 0.369. The van der Waals surface area contributed by atoms with Gasteiger partial charge in [-0.15, -0.1) is 0 Å². The van der Waals surface area contributed by atoms with E-state index in [1.807, 2.05) is 13.8 Å². The summed E-state index contributed by atoms with van der Waals surface area (Å²) in [4.78, 5) is 10.7. The van der Waals surface area contributed by atoms with Crippen LogP contribution in [0.15, 0.2) is 0 Å². The molecule has 4 nitrogen and oxygen atoms in total. The van der Waals surface area contributed by atoms with E-state index in [0.29, 0.717) is 0 Å². The van der Waals surface area contributed by atoms with Crippen LogP contribution in [0.5, 0.6) is 0 Å². The zero-order chi connectivity index (χ0) is 9.30. The second kappa shape index (κ2) is 3.26. The van der Waals surface area contributed by atoms with Gasteiger partial charge in [0, 0.05) is 0 Å². The molecule has 0 aliphatic carbocycles. The highest BCUT2D eigenvalue weighted by molar-refractivity contribution is 7.80. The summed E-state index contributed by atoms with van der Waals surface area (Å²) in [6.45, 7) is 3.80. The monoisotopic (exact) mass is 189 g/mol. The van der Waals surface area contributed by atoms with Crippen molar-refractivity contribution in [2.45, 2.75) is 26.0 Å². The van der Waals surface area contributed by atoms with Crippen molar-refractivity contribution in [3.8, 4) is 0 Å². The molecule has 0 spiro atoms. The first-order valence-electron chi connectivity index (χ1n) is 3.72. The Hall–Kier alpha value is -0.840. The summed E-state index contributed by atoms with van der Waals surface area (Å²) in [5.41, 5.74) is 0. The van der Waals surface area contributed by atoms with Gasteiger partial charge in [0.25, 0.3) is 5.17 Å². The third kappa shape index (κ3) is 1.66. The molecule has 68 valence electrons. The largest absolute Gasteiger partial charge is 0.480 e. The maximum absolute atomic E-state index is 10.7. The fraction of sp³-hybridized carbons (Fsp3) is 0.714. The van der Waals surface area contributed by atoms with Crippen LogP contribution >= 0.6 is 12.2 Å². The van der Waals surface area contributed by atoms with E-state index in [-0.39, 0.29) is 17.2 Å². The summed E-state index contributed by atoms with van der Waals surface area (Å²) < 4.78 is 5.14. The zero-order valence-corrected chi connectivity index (χ0v) is 7.72. The summed E-state index contributed by atoms with van der Waals surface area (Å²) in [6, 6.07) is -0.697. The highest BCUT2D eigenvalue weighted by Crippen LogP contribution is 2.17. The van der Waals surface area contributed by atoms with Crippen LogP contribution in [0.4, 0.5) is 0 Å². The van der Waals surface area contributed by atoms with E-state index in [2.05, 4.69) is 5.32 Å². The van der Waals surface area contributed by atoms with E-state index in [0.717, 1.165) is 0 Å². The number of ether oxygens (including phenoxy) is 1. The molecule has 1 aliphatic heterocycles. The Kier molecular flexibility index (Phi) is 2.52. The minimum atomic E-state index is -0.923. The predicted molar refractivity (Wildman–Crippen MR) is 46.9 cm³/mol. The van der Waals surface area contributed by atoms with E-state index in [4.69, 9.17) is 22.1 Å². The van der Waals surface area contributed by atoms with Crippen LogP contribution in [-0.2, 0) is 9.53 Å². The summed E-state index contributed by atoms with van der Waals surface area (Å²) in [5.74, 6) is -0.785. The van der Waals surface area contributed by atoms with E-state index >= 15 is 0 Å². The molecule has 1 saturated heterocycles. The molecule has 1 heterocycles. The SMILES string of the molecule is CC(C)[C@H]1OC(=S)N[C@@H]1C(=O)O. The van der Waals surface area contributed by atoms with Crippen LogP contribution in [0, 0.1) is 5.92 Å². The number of hydrogen-bond acceptors (Lipinski definition) is 3. The number of thiocarbonyl (C=S) groups is 1. The van der Waals surface area contributed by atoms with Crippen LogP contribution in [0.2, 0.25) is 0 Å². The van der Waals surface area contributed by atoms with Crippen molar-refractivity contribution in [1.82, 2.24) is 5.32 Å². The highest BCUT2D eigenvalue weighted by Gasteiger charge is 2.39. The Balaban J connectivity index is 2.72. The lowest BCUT2D eigenvalue weighted by Crippen LogP contribution is -2.41. The normalized spacial score (nSPS) is 28.4. The maximum Gasteiger partial charge on any atom is 0.330 e. The second-order valence-corrected chi connectivity index (χ2v) is 3.44. The van der Waals surface area contributed by atoms with Crippen molar-refractivity contribution in [2.75, 3.05) is 0 Å². The van der Waals surface area contributed by atoms with E-state index in [9.17, 15) is 4.79 Å². The average molecular weight is 189 g/mol. The van der Waals surface area contributed by atoms with Gasteiger partial charge in [0.1, 0.15) is 6.10 Å². The van der Waals surface area contributed by atoms with Gasteiger partial charge in [-0.25, -0.2) is 4.79 Å². The van der Waals surface area contributed by atoms with E-state index < -0.39 is 12.0 Å². The van der Waals surface area contributed by atoms with Crippen molar-refractivity contribution < 1.29 is 14.6 Å². The number of carbonyl (C=O) groups is 1. The first kappa shape index (κ1) is 9.25. The van der Waals surface area contributed by atoms with E-state index in [1.54, 1.807) is 0 Å². The molecule has 1 fully saturated rings. The summed E-state index contributed by atoms with van der Waals surface area (Å²) in [5, 5.41) is 11.5. The van der Waals surface area contributed by atoms with Gasteiger partial charge in [0.2, 0.25) is 0 Å². The van der Waals surface area contributed by atoms with Gasteiger partial charge in [-0.2, -0.15) is 0 Å².